The minimum absolute atomic E-state index is 0.146. The number of carbonyl (C=O) groups excluding carboxylic acids is 3. The molecule has 3 amide bonds. The molecule has 3 saturated heterocycles. The maximum atomic E-state index is 14.7. The van der Waals surface area contributed by atoms with Crippen LogP contribution >= 0.6 is 27.5 Å². The standard InChI is InChI=1S/C31H41BrClN3O5/c1-6-13-34(14-7-2)28(38)24-25-29(39)36(20(18-37)16-19(4)5)27(31(25)17-21(32)26(24)41-31)30(40)35(15-8-3)23-12-10-9-11-22(23)33/h6,8-12,19-21,24-27,37H,1,3,7,13-18H2,2,4-5H3/t20-,21?,24+,25+,26+,27?,31?/m1/s1. The summed E-state index contributed by atoms with van der Waals surface area (Å²) in [6, 6.07) is 5.35. The summed E-state index contributed by atoms with van der Waals surface area (Å²) in [5, 5.41) is 10.9. The Bertz CT molecular complexity index is 1180. The molecule has 224 valence electrons. The average molecular weight is 651 g/mol. The first kappa shape index (κ1) is 31.7. The lowest BCUT2D eigenvalue weighted by Gasteiger charge is -2.40. The highest BCUT2D eigenvalue weighted by Crippen LogP contribution is 2.61. The smallest absolute Gasteiger partial charge is 0.253 e. The van der Waals surface area contributed by atoms with Crippen molar-refractivity contribution in [1.29, 1.82) is 0 Å². The molecule has 0 radical (unpaired) electrons. The number of anilines is 1. The number of rotatable bonds is 13. The largest absolute Gasteiger partial charge is 0.394 e. The Kier molecular flexibility index (Phi) is 10.0. The zero-order valence-electron chi connectivity index (χ0n) is 24.0. The number of ether oxygens (including phenoxy) is 1. The van der Waals surface area contributed by atoms with Crippen LogP contribution in [0, 0.1) is 17.8 Å². The van der Waals surface area contributed by atoms with Gasteiger partial charge in [0.25, 0.3) is 5.91 Å². The Morgan fingerprint density at radius 2 is 1.93 bits per heavy atom. The molecule has 7 atom stereocenters. The zero-order valence-corrected chi connectivity index (χ0v) is 26.4. The molecule has 4 rings (SSSR count). The SMILES string of the molecule is C=CCN(CCC)C(=O)[C@H]1[C@H]2C(=O)N([C@@H](CO)CC(C)C)C(C(=O)N(CC=C)c3ccccc3Cl)C23CC(Br)[C@@H]1O3. The van der Waals surface area contributed by atoms with Gasteiger partial charge >= 0.3 is 0 Å². The molecule has 1 N–H and O–H groups in total. The number of aliphatic hydroxyl groups excluding tert-OH is 1. The molecule has 0 saturated carbocycles. The van der Waals surface area contributed by atoms with E-state index in [9.17, 15) is 19.5 Å². The number of hydrogen-bond donors (Lipinski definition) is 1. The van der Waals surface area contributed by atoms with Gasteiger partial charge in [-0.25, -0.2) is 0 Å². The Labute approximate surface area is 256 Å². The fourth-order valence-electron chi connectivity index (χ4n) is 7.02. The predicted molar refractivity (Wildman–Crippen MR) is 164 cm³/mol. The lowest BCUT2D eigenvalue weighted by Crippen LogP contribution is -2.59. The molecule has 3 aliphatic heterocycles. The van der Waals surface area contributed by atoms with Gasteiger partial charge in [0.2, 0.25) is 11.8 Å². The lowest BCUT2D eigenvalue weighted by atomic mass is 9.70. The van der Waals surface area contributed by atoms with Gasteiger partial charge in [-0.3, -0.25) is 14.4 Å². The summed E-state index contributed by atoms with van der Waals surface area (Å²) in [4.78, 5) is 47.9. The van der Waals surface area contributed by atoms with Gasteiger partial charge in [0.1, 0.15) is 11.6 Å². The molecule has 1 aromatic carbocycles. The van der Waals surface area contributed by atoms with Crippen LogP contribution < -0.4 is 4.90 Å². The number of alkyl halides is 1. The van der Waals surface area contributed by atoms with E-state index in [0.29, 0.717) is 36.6 Å². The fourth-order valence-corrected chi connectivity index (χ4v) is 8.21. The third-order valence-electron chi connectivity index (χ3n) is 8.47. The Hall–Kier alpha value is -2.20. The van der Waals surface area contributed by atoms with Crippen LogP contribution in [-0.2, 0) is 19.1 Å². The predicted octanol–water partition coefficient (Wildman–Crippen LogP) is 4.44. The van der Waals surface area contributed by atoms with E-state index in [1.54, 1.807) is 41.3 Å². The summed E-state index contributed by atoms with van der Waals surface area (Å²) in [5.74, 6) is -2.35. The highest BCUT2D eigenvalue weighted by molar-refractivity contribution is 9.09. The maximum absolute atomic E-state index is 14.7. The van der Waals surface area contributed by atoms with Crippen molar-refractivity contribution in [2.24, 2.45) is 17.8 Å². The van der Waals surface area contributed by atoms with Crippen molar-refractivity contribution in [3.05, 3.63) is 54.6 Å². The van der Waals surface area contributed by atoms with Crippen LogP contribution in [0.25, 0.3) is 0 Å². The topological polar surface area (TPSA) is 90.4 Å². The van der Waals surface area contributed by atoms with Gasteiger partial charge in [-0.05, 0) is 37.3 Å². The summed E-state index contributed by atoms with van der Waals surface area (Å²) >= 11 is 10.3. The number of hydrogen-bond acceptors (Lipinski definition) is 5. The third-order valence-corrected chi connectivity index (χ3v) is 9.63. The third kappa shape index (κ3) is 5.51. The van der Waals surface area contributed by atoms with Crippen molar-refractivity contribution in [3.63, 3.8) is 0 Å². The number of fused-ring (bicyclic) bond motifs is 1. The number of likely N-dealkylation sites (tertiary alicyclic amines) is 1. The first-order valence-electron chi connectivity index (χ1n) is 14.4. The lowest BCUT2D eigenvalue weighted by molar-refractivity contribution is -0.147. The molecule has 1 spiro atoms. The monoisotopic (exact) mass is 649 g/mol. The summed E-state index contributed by atoms with van der Waals surface area (Å²) in [6.07, 6.45) is 4.34. The fraction of sp³-hybridized carbons (Fsp3) is 0.581. The number of amides is 3. The van der Waals surface area contributed by atoms with Crippen molar-refractivity contribution in [2.75, 3.05) is 31.1 Å². The minimum atomic E-state index is -1.25. The van der Waals surface area contributed by atoms with Gasteiger partial charge in [-0.15, -0.1) is 13.2 Å². The van der Waals surface area contributed by atoms with E-state index in [-0.39, 0.29) is 41.6 Å². The summed E-state index contributed by atoms with van der Waals surface area (Å²) in [5.41, 5.74) is -0.754. The van der Waals surface area contributed by atoms with Crippen molar-refractivity contribution in [1.82, 2.24) is 9.80 Å². The molecule has 3 heterocycles. The van der Waals surface area contributed by atoms with E-state index < -0.39 is 35.6 Å². The highest BCUT2D eigenvalue weighted by atomic mass is 79.9. The molecule has 2 bridgehead atoms. The second kappa shape index (κ2) is 13.0. The molecular weight excluding hydrogens is 610 g/mol. The first-order chi connectivity index (χ1) is 19.6. The molecule has 0 aromatic heterocycles. The Morgan fingerprint density at radius 1 is 1.24 bits per heavy atom. The summed E-state index contributed by atoms with van der Waals surface area (Å²) < 4.78 is 6.69. The zero-order chi connectivity index (χ0) is 30.1. The van der Waals surface area contributed by atoms with Crippen molar-refractivity contribution in [3.8, 4) is 0 Å². The number of halogens is 2. The second-order valence-electron chi connectivity index (χ2n) is 11.6. The molecular formula is C31H41BrClN3O5. The quantitative estimate of drug-likeness (QED) is 0.252. The van der Waals surface area contributed by atoms with Gasteiger partial charge < -0.3 is 24.5 Å². The van der Waals surface area contributed by atoms with Crippen molar-refractivity contribution in [2.45, 2.75) is 68.6 Å². The Balaban J connectivity index is 1.86. The summed E-state index contributed by atoms with van der Waals surface area (Å²) in [6.45, 7) is 14.4. The Morgan fingerprint density at radius 3 is 2.51 bits per heavy atom. The molecule has 8 nitrogen and oxygen atoms in total. The number of benzene rings is 1. The molecule has 3 fully saturated rings. The highest BCUT2D eigenvalue weighted by Gasteiger charge is 2.77. The van der Waals surface area contributed by atoms with E-state index in [2.05, 4.69) is 29.1 Å². The molecule has 1 aromatic rings. The molecule has 41 heavy (non-hydrogen) atoms. The van der Waals surface area contributed by atoms with E-state index in [4.69, 9.17) is 16.3 Å². The molecule has 0 aliphatic carbocycles. The van der Waals surface area contributed by atoms with Crippen LogP contribution in [0.2, 0.25) is 5.02 Å². The maximum Gasteiger partial charge on any atom is 0.253 e. The van der Waals surface area contributed by atoms with Crippen LogP contribution in [0.4, 0.5) is 5.69 Å². The van der Waals surface area contributed by atoms with E-state index in [1.807, 2.05) is 20.8 Å². The summed E-state index contributed by atoms with van der Waals surface area (Å²) in [7, 11) is 0. The van der Waals surface area contributed by atoms with Gasteiger partial charge in [0.15, 0.2) is 0 Å². The van der Waals surface area contributed by atoms with Gasteiger partial charge in [0.05, 0.1) is 41.3 Å². The van der Waals surface area contributed by atoms with Gasteiger partial charge in [-0.2, -0.15) is 0 Å². The number of nitrogens with zero attached hydrogens (tertiary/aromatic N) is 3. The van der Waals surface area contributed by atoms with Crippen LogP contribution in [0.15, 0.2) is 49.6 Å². The number of para-hydroxylation sites is 1. The minimum Gasteiger partial charge on any atom is -0.394 e. The van der Waals surface area contributed by atoms with Crippen LogP contribution in [-0.4, -0.2) is 87.5 Å². The van der Waals surface area contributed by atoms with E-state index in [0.717, 1.165) is 6.42 Å². The second-order valence-corrected chi connectivity index (χ2v) is 13.2. The average Bonchev–Trinajstić information content (AvgIpc) is 3.53. The molecule has 3 unspecified atom stereocenters. The van der Waals surface area contributed by atoms with Crippen LogP contribution in [0.3, 0.4) is 0 Å². The van der Waals surface area contributed by atoms with Gasteiger partial charge in [-0.1, -0.05) is 72.6 Å². The van der Waals surface area contributed by atoms with E-state index in [1.165, 1.54) is 9.80 Å². The van der Waals surface area contributed by atoms with Gasteiger partial charge in [0, 0.05) is 24.5 Å². The van der Waals surface area contributed by atoms with Crippen LogP contribution in [0.5, 0.6) is 0 Å². The number of carbonyl (C=O) groups is 3. The normalized spacial score (nSPS) is 29.0. The van der Waals surface area contributed by atoms with E-state index >= 15 is 0 Å². The van der Waals surface area contributed by atoms with Crippen LogP contribution in [0.1, 0.15) is 40.0 Å². The number of aliphatic hydroxyl groups is 1. The van der Waals surface area contributed by atoms with Crippen molar-refractivity contribution >= 4 is 50.9 Å². The molecule has 3 aliphatic rings. The molecule has 10 heteroatoms. The first-order valence-corrected chi connectivity index (χ1v) is 15.7. The van der Waals surface area contributed by atoms with Crippen molar-refractivity contribution < 1.29 is 24.2 Å².